The summed E-state index contributed by atoms with van der Waals surface area (Å²) in [7, 11) is 0. The summed E-state index contributed by atoms with van der Waals surface area (Å²) in [5, 5.41) is 0.691. The summed E-state index contributed by atoms with van der Waals surface area (Å²) in [5.41, 5.74) is 4.67. The van der Waals surface area contributed by atoms with Crippen LogP contribution in [0.3, 0.4) is 0 Å². The fourth-order valence-corrected chi connectivity index (χ4v) is 3.04. The Morgan fingerprint density at radius 1 is 1.10 bits per heavy atom. The third-order valence-corrected chi connectivity index (χ3v) is 4.50. The summed E-state index contributed by atoms with van der Waals surface area (Å²) in [6.45, 7) is 1.82. The number of nitrogens with zero attached hydrogens (tertiary/aromatic N) is 3. The van der Waals surface area contributed by atoms with Crippen molar-refractivity contribution in [2.45, 2.75) is 13.3 Å². The van der Waals surface area contributed by atoms with Gasteiger partial charge < -0.3 is 0 Å². The smallest absolute Gasteiger partial charge is 0.267 e. The molecular formula is C21H15F3N4O. The Labute approximate surface area is 163 Å². The van der Waals surface area contributed by atoms with E-state index < -0.39 is 12.3 Å². The molecule has 0 saturated carbocycles. The summed E-state index contributed by atoms with van der Waals surface area (Å²) in [5.74, 6) is -0.578. The van der Waals surface area contributed by atoms with E-state index in [0.717, 1.165) is 5.56 Å². The Balaban J connectivity index is 1.57. The highest BCUT2D eigenvalue weighted by Gasteiger charge is 2.13. The van der Waals surface area contributed by atoms with Gasteiger partial charge in [-0.25, -0.2) is 23.1 Å². The van der Waals surface area contributed by atoms with Crippen molar-refractivity contribution in [3.05, 3.63) is 83.6 Å². The zero-order chi connectivity index (χ0) is 20.5. The van der Waals surface area contributed by atoms with Crippen LogP contribution in [0.1, 0.15) is 27.9 Å². The second-order valence-electron chi connectivity index (χ2n) is 6.51. The highest BCUT2D eigenvalue weighted by atomic mass is 19.3. The van der Waals surface area contributed by atoms with Gasteiger partial charge in [0.15, 0.2) is 5.82 Å². The monoisotopic (exact) mass is 396 g/mol. The molecule has 29 heavy (non-hydrogen) atoms. The Hall–Kier alpha value is -3.68. The van der Waals surface area contributed by atoms with E-state index >= 15 is 0 Å². The Kier molecular flexibility index (Phi) is 4.75. The Bertz CT molecular complexity index is 1200. The first-order valence-corrected chi connectivity index (χ1v) is 8.71. The highest BCUT2D eigenvalue weighted by Crippen LogP contribution is 2.24. The van der Waals surface area contributed by atoms with Crippen LogP contribution in [0.4, 0.5) is 13.2 Å². The zero-order valence-corrected chi connectivity index (χ0v) is 15.2. The number of alkyl halides is 2. The molecule has 146 valence electrons. The van der Waals surface area contributed by atoms with Crippen LogP contribution in [-0.4, -0.2) is 20.6 Å². The number of amides is 1. The summed E-state index contributed by atoms with van der Waals surface area (Å²) >= 11 is 0. The van der Waals surface area contributed by atoms with Crippen LogP contribution in [0, 0.1) is 12.7 Å². The molecule has 0 unspecified atom stereocenters. The molecule has 0 aliphatic carbocycles. The molecule has 2 aromatic carbocycles. The molecule has 0 aliphatic rings. The van der Waals surface area contributed by atoms with E-state index in [1.807, 2.05) is 6.92 Å². The number of benzene rings is 2. The maximum Gasteiger partial charge on any atom is 0.273 e. The molecule has 2 heterocycles. The van der Waals surface area contributed by atoms with E-state index in [1.165, 1.54) is 47.4 Å². The normalized spacial score (nSPS) is 11.2. The lowest BCUT2D eigenvalue weighted by Crippen LogP contribution is -2.22. The van der Waals surface area contributed by atoms with Crippen LogP contribution in [0.5, 0.6) is 0 Å². The molecule has 0 saturated heterocycles. The first kappa shape index (κ1) is 18.7. The van der Waals surface area contributed by atoms with Gasteiger partial charge in [-0.3, -0.25) is 14.9 Å². The van der Waals surface area contributed by atoms with Gasteiger partial charge in [0.25, 0.3) is 12.3 Å². The van der Waals surface area contributed by atoms with Gasteiger partial charge in [0.05, 0.1) is 11.1 Å². The lowest BCUT2D eigenvalue weighted by Gasteiger charge is -2.08. The van der Waals surface area contributed by atoms with Crippen molar-refractivity contribution >= 4 is 16.8 Å². The predicted octanol–water partition coefficient (Wildman–Crippen LogP) is 4.87. The molecule has 4 rings (SSSR count). The lowest BCUT2D eigenvalue weighted by molar-refractivity contribution is 0.101. The molecule has 0 fully saturated rings. The van der Waals surface area contributed by atoms with E-state index in [1.54, 1.807) is 18.3 Å². The third-order valence-electron chi connectivity index (χ3n) is 4.50. The van der Waals surface area contributed by atoms with Crippen molar-refractivity contribution in [1.82, 2.24) is 14.6 Å². The number of carbonyl (C=O) groups is 1. The number of hydrogen-bond acceptors (Lipinski definition) is 3. The molecule has 0 aliphatic heterocycles. The van der Waals surface area contributed by atoms with E-state index in [9.17, 15) is 18.0 Å². The van der Waals surface area contributed by atoms with Gasteiger partial charge >= 0.3 is 0 Å². The zero-order valence-electron chi connectivity index (χ0n) is 15.2. The largest absolute Gasteiger partial charge is 0.273 e. The van der Waals surface area contributed by atoms with Crippen LogP contribution in [-0.2, 0) is 0 Å². The molecule has 5 nitrogen and oxygen atoms in total. The number of halogens is 3. The number of nitrogens with one attached hydrogen (secondary N) is 1. The van der Waals surface area contributed by atoms with Gasteiger partial charge in [-0.15, -0.1) is 0 Å². The molecule has 0 radical (unpaired) electrons. The van der Waals surface area contributed by atoms with Crippen molar-refractivity contribution < 1.29 is 18.0 Å². The number of fused-ring (bicyclic) bond motifs is 1. The summed E-state index contributed by atoms with van der Waals surface area (Å²) in [4.78, 5) is 20.8. The number of aryl methyl sites for hydroxylation is 1. The van der Waals surface area contributed by atoms with Crippen molar-refractivity contribution in [1.29, 1.82) is 0 Å². The van der Waals surface area contributed by atoms with Crippen molar-refractivity contribution in [2.24, 2.45) is 0 Å². The van der Waals surface area contributed by atoms with Gasteiger partial charge in [0, 0.05) is 35.1 Å². The van der Waals surface area contributed by atoms with Gasteiger partial charge in [-0.05, 0) is 36.8 Å². The van der Waals surface area contributed by atoms with Gasteiger partial charge in [0.2, 0.25) is 0 Å². The van der Waals surface area contributed by atoms with Crippen molar-refractivity contribution in [3.8, 4) is 11.4 Å². The Morgan fingerprint density at radius 3 is 2.59 bits per heavy atom. The average molecular weight is 396 g/mol. The fraction of sp³-hybridized carbons (Fsp3) is 0.0952. The minimum atomic E-state index is -2.59. The first-order valence-electron chi connectivity index (χ1n) is 8.71. The number of hydrogen-bond donors (Lipinski definition) is 1. The van der Waals surface area contributed by atoms with E-state index in [2.05, 4.69) is 15.4 Å². The van der Waals surface area contributed by atoms with Gasteiger partial charge in [0.1, 0.15) is 5.82 Å². The minimum Gasteiger partial charge on any atom is -0.267 e. The van der Waals surface area contributed by atoms with Crippen molar-refractivity contribution in [2.75, 3.05) is 5.43 Å². The second kappa shape index (κ2) is 7.38. The molecule has 4 aromatic rings. The second-order valence-corrected chi connectivity index (χ2v) is 6.51. The minimum absolute atomic E-state index is 0.126. The van der Waals surface area contributed by atoms with Crippen LogP contribution in [0.15, 0.2) is 61.1 Å². The van der Waals surface area contributed by atoms with Crippen molar-refractivity contribution in [3.63, 3.8) is 0 Å². The first-order chi connectivity index (χ1) is 13.9. The van der Waals surface area contributed by atoms with Crippen LogP contribution in [0.2, 0.25) is 0 Å². The van der Waals surface area contributed by atoms with Gasteiger partial charge in [-0.1, -0.05) is 18.2 Å². The Morgan fingerprint density at radius 2 is 1.86 bits per heavy atom. The maximum absolute atomic E-state index is 13.4. The van der Waals surface area contributed by atoms with Crippen LogP contribution in [0.25, 0.3) is 22.3 Å². The molecule has 0 spiro atoms. The number of carbonyl (C=O) groups excluding carboxylic acids is 1. The van der Waals surface area contributed by atoms with Crippen LogP contribution >= 0.6 is 0 Å². The van der Waals surface area contributed by atoms with E-state index in [0.29, 0.717) is 16.5 Å². The molecule has 0 bridgehead atoms. The van der Waals surface area contributed by atoms with E-state index in [-0.39, 0.29) is 22.8 Å². The summed E-state index contributed by atoms with van der Waals surface area (Å²) in [6, 6.07) is 10.1. The topological polar surface area (TPSA) is 59.8 Å². The standard InChI is InChI=1S/C21H15F3N4O/c1-12-11-28(18-6-5-16(22)8-17(12)18)27-21(29)15-9-25-20(26-10-15)14-4-2-3-13(7-14)19(23)24/h2-11,19H,1H3,(H,27,29). The van der Waals surface area contributed by atoms with Gasteiger partial charge in [-0.2, -0.15) is 0 Å². The molecule has 0 atom stereocenters. The van der Waals surface area contributed by atoms with Crippen LogP contribution < -0.4 is 5.43 Å². The molecular weight excluding hydrogens is 381 g/mol. The number of rotatable bonds is 4. The predicted molar refractivity (Wildman–Crippen MR) is 103 cm³/mol. The summed E-state index contributed by atoms with van der Waals surface area (Å²) < 4.78 is 40.7. The maximum atomic E-state index is 13.4. The molecule has 8 heteroatoms. The fourth-order valence-electron chi connectivity index (χ4n) is 3.04. The third kappa shape index (κ3) is 3.69. The molecule has 1 amide bonds. The number of aromatic nitrogens is 3. The average Bonchev–Trinajstić information content (AvgIpc) is 3.02. The molecule has 2 aromatic heterocycles. The summed E-state index contributed by atoms with van der Waals surface area (Å²) in [6.07, 6.45) is 1.75. The highest BCUT2D eigenvalue weighted by molar-refractivity contribution is 6.00. The SMILES string of the molecule is Cc1cn(NC(=O)c2cnc(-c3cccc(C(F)F)c3)nc2)c2ccc(F)cc12. The molecule has 1 N–H and O–H groups in total. The van der Waals surface area contributed by atoms with E-state index in [4.69, 9.17) is 0 Å². The quantitative estimate of drug-likeness (QED) is 0.536. The lowest BCUT2D eigenvalue weighted by atomic mass is 10.1.